The van der Waals surface area contributed by atoms with Crippen molar-refractivity contribution in [2.24, 2.45) is 5.73 Å². The van der Waals surface area contributed by atoms with Gasteiger partial charge in [0.05, 0.1) is 12.2 Å². The van der Waals surface area contributed by atoms with Gasteiger partial charge in [0.1, 0.15) is 5.82 Å². The molecule has 0 radical (unpaired) electrons. The van der Waals surface area contributed by atoms with E-state index in [1.807, 2.05) is 18.2 Å². The van der Waals surface area contributed by atoms with E-state index in [1.54, 1.807) is 12.3 Å². The van der Waals surface area contributed by atoms with E-state index < -0.39 is 0 Å². The highest BCUT2D eigenvalue weighted by atomic mass is 35.5. The maximum Gasteiger partial charge on any atom is 0.149 e. The quantitative estimate of drug-likeness (QED) is 0.820. The van der Waals surface area contributed by atoms with Gasteiger partial charge in [0, 0.05) is 41.4 Å². The Hall–Kier alpha value is -1.93. The average molecular weight is 347 g/mol. The molecule has 0 bridgehead atoms. The number of nitrogens with two attached hydrogens (primary N) is 1. The van der Waals surface area contributed by atoms with E-state index in [0.717, 1.165) is 35.7 Å². The van der Waals surface area contributed by atoms with E-state index >= 15 is 0 Å². The van der Waals surface area contributed by atoms with Crippen molar-refractivity contribution in [3.05, 3.63) is 51.6 Å². The van der Waals surface area contributed by atoms with Crippen molar-refractivity contribution in [3.8, 4) is 11.8 Å². The van der Waals surface area contributed by atoms with Crippen LogP contribution in [0.25, 0.3) is 0 Å². The van der Waals surface area contributed by atoms with Crippen molar-refractivity contribution >= 4 is 34.7 Å². The number of nitrogens with one attached hydrogen (secondary N) is 1. The van der Waals surface area contributed by atoms with Gasteiger partial charge in [0.25, 0.3) is 0 Å². The number of anilines is 2. The highest BCUT2D eigenvalue weighted by Crippen LogP contribution is 2.31. The maximum absolute atomic E-state index is 6.29. The number of hydrogen-bond acceptors (Lipinski definition) is 4. The molecule has 0 aliphatic carbocycles. The third-order valence-corrected chi connectivity index (χ3v) is 4.19. The van der Waals surface area contributed by atoms with Crippen LogP contribution in [-0.2, 0) is 6.54 Å². The van der Waals surface area contributed by atoms with Gasteiger partial charge in [0.2, 0.25) is 0 Å². The van der Waals surface area contributed by atoms with Crippen LogP contribution < -0.4 is 16.0 Å². The lowest BCUT2D eigenvalue weighted by molar-refractivity contribution is 0.780. The zero-order valence-corrected chi connectivity index (χ0v) is 14.0. The first-order chi connectivity index (χ1) is 11.2. The molecule has 2 aromatic rings. The lowest BCUT2D eigenvalue weighted by Gasteiger charge is -2.31. The van der Waals surface area contributed by atoms with Gasteiger partial charge in [-0.3, -0.25) is 0 Å². The Morgan fingerprint density at radius 1 is 1.30 bits per heavy atom. The molecule has 1 aromatic carbocycles. The second kappa shape index (κ2) is 7.10. The Labute approximate surface area is 145 Å². The Morgan fingerprint density at radius 3 is 3.00 bits per heavy atom. The van der Waals surface area contributed by atoms with Crippen molar-refractivity contribution in [1.29, 1.82) is 0 Å². The Kier molecular flexibility index (Phi) is 4.92. The minimum absolute atomic E-state index is 0.331. The van der Waals surface area contributed by atoms with Gasteiger partial charge >= 0.3 is 0 Å². The van der Waals surface area contributed by atoms with Crippen molar-refractivity contribution < 1.29 is 0 Å². The predicted octanol–water partition coefficient (Wildman–Crippen LogP) is 3.13. The fourth-order valence-corrected chi connectivity index (χ4v) is 2.89. The summed E-state index contributed by atoms with van der Waals surface area (Å²) in [5, 5.41) is 4.69. The predicted molar refractivity (Wildman–Crippen MR) is 96.2 cm³/mol. The largest absolute Gasteiger partial charge is 0.367 e. The molecule has 6 heteroatoms. The molecular formula is C17H16Cl2N4. The molecule has 0 atom stereocenters. The number of fused-ring (bicyclic) bond motifs is 1. The molecule has 0 saturated heterocycles. The Balaban J connectivity index is 1.92. The molecule has 1 aromatic heterocycles. The number of pyridine rings is 1. The van der Waals surface area contributed by atoms with Gasteiger partial charge in [0.15, 0.2) is 0 Å². The third-order valence-electron chi connectivity index (χ3n) is 3.59. The summed E-state index contributed by atoms with van der Waals surface area (Å²) in [4.78, 5) is 6.68. The summed E-state index contributed by atoms with van der Waals surface area (Å²) in [5.41, 5.74) is 8.28. The fourth-order valence-electron chi connectivity index (χ4n) is 2.52. The summed E-state index contributed by atoms with van der Waals surface area (Å²) in [7, 11) is 0. The van der Waals surface area contributed by atoms with E-state index in [9.17, 15) is 0 Å². The molecule has 1 aliphatic heterocycles. The fraction of sp³-hybridized carbons (Fsp3) is 0.235. The van der Waals surface area contributed by atoms with Crippen molar-refractivity contribution in [1.82, 2.24) is 4.98 Å². The standard InChI is InChI=1S/C17H16Cl2N4/c18-14-3-4-15(19)13(9-14)11-23-7-6-21-17-16(23)8-12(10-22-17)2-1-5-20/h3-4,8-10H,5-7,11,20H2,(H,21,22). The molecule has 4 nitrogen and oxygen atoms in total. The van der Waals surface area contributed by atoms with Crippen LogP contribution in [0.3, 0.4) is 0 Å². The number of rotatable bonds is 2. The van der Waals surface area contributed by atoms with E-state index in [4.69, 9.17) is 28.9 Å². The second-order valence-corrected chi connectivity index (χ2v) is 6.03. The molecule has 0 fully saturated rings. The van der Waals surface area contributed by atoms with Crippen LogP contribution in [0, 0.1) is 11.8 Å². The van der Waals surface area contributed by atoms with E-state index in [-0.39, 0.29) is 0 Å². The van der Waals surface area contributed by atoms with Crippen LogP contribution in [0.15, 0.2) is 30.5 Å². The molecule has 3 rings (SSSR count). The zero-order valence-electron chi connectivity index (χ0n) is 12.4. The Bertz CT molecular complexity index is 780. The van der Waals surface area contributed by atoms with E-state index in [1.165, 1.54) is 0 Å². The van der Waals surface area contributed by atoms with Crippen molar-refractivity contribution in [2.75, 3.05) is 29.9 Å². The van der Waals surface area contributed by atoms with E-state index in [2.05, 4.69) is 27.0 Å². The molecule has 0 saturated carbocycles. The van der Waals surface area contributed by atoms with Crippen molar-refractivity contribution in [2.45, 2.75) is 6.54 Å². The number of aromatic nitrogens is 1. The monoisotopic (exact) mass is 346 g/mol. The number of benzene rings is 1. The number of nitrogens with zero attached hydrogens (tertiary/aromatic N) is 2. The smallest absolute Gasteiger partial charge is 0.149 e. The van der Waals surface area contributed by atoms with Gasteiger partial charge in [-0.25, -0.2) is 4.98 Å². The summed E-state index contributed by atoms with van der Waals surface area (Å²) in [6, 6.07) is 7.54. The van der Waals surface area contributed by atoms with Gasteiger partial charge in [-0.15, -0.1) is 0 Å². The third kappa shape index (κ3) is 3.70. The van der Waals surface area contributed by atoms with Crippen LogP contribution in [0.1, 0.15) is 11.1 Å². The lowest BCUT2D eigenvalue weighted by Crippen LogP contribution is -2.34. The first-order valence-corrected chi connectivity index (χ1v) is 8.04. The van der Waals surface area contributed by atoms with E-state index in [0.29, 0.717) is 23.1 Å². The Morgan fingerprint density at radius 2 is 2.17 bits per heavy atom. The maximum atomic E-state index is 6.29. The molecule has 1 aliphatic rings. The highest BCUT2D eigenvalue weighted by molar-refractivity contribution is 6.33. The van der Waals surface area contributed by atoms with Crippen LogP contribution >= 0.6 is 23.2 Å². The number of hydrogen-bond donors (Lipinski definition) is 2. The molecule has 3 N–H and O–H groups in total. The van der Waals surface area contributed by atoms with Gasteiger partial charge in [-0.1, -0.05) is 35.0 Å². The SMILES string of the molecule is NCC#Cc1cnc2c(c1)N(Cc1cc(Cl)ccc1Cl)CCN2. The second-order valence-electron chi connectivity index (χ2n) is 5.18. The normalized spacial score (nSPS) is 12.9. The molecule has 23 heavy (non-hydrogen) atoms. The van der Waals surface area contributed by atoms with Crippen LogP contribution in [0.4, 0.5) is 11.5 Å². The summed E-state index contributed by atoms with van der Waals surface area (Å²) >= 11 is 12.4. The summed E-state index contributed by atoms with van der Waals surface area (Å²) in [6.45, 7) is 2.68. The summed E-state index contributed by atoms with van der Waals surface area (Å²) < 4.78 is 0. The van der Waals surface area contributed by atoms with Crippen molar-refractivity contribution in [3.63, 3.8) is 0 Å². The minimum atomic E-state index is 0.331. The van der Waals surface area contributed by atoms with Crippen LogP contribution in [0.5, 0.6) is 0 Å². The van der Waals surface area contributed by atoms with Gasteiger partial charge in [-0.2, -0.15) is 0 Å². The van der Waals surface area contributed by atoms with Gasteiger partial charge < -0.3 is 16.0 Å². The molecule has 0 spiro atoms. The van der Waals surface area contributed by atoms with Gasteiger partial charge in [-0.05, 0) is 29.8 Å². The average Bonchev–Trinajstić information content (AvgIpc) is 2.56. The van der Waals surface area contributed by atoms with Crippen LogP contribution in [0.2, 0.25) is 10.0 Å². The summed E-state index contributed by atoms with van der Waals surface area (Å²) in [5.74, 6) is 6.73. The number of halogens is 2. The lowest BCUT2D eigenvalue weighted by atomic mass is 10.1. The molecule has 0 amide bonds. The topological polar surface area (TPSA) is 54.2 Å². The molecular weight excluding hydrogens is 331 g/mol. The molecule has 2 heterocycles. The first-order valence-electron chi connectivity index (χ1n) is 7.29. The zero-order chi connectivity index (χ0) is 16.2. The molecule has 118 valence electrons. The summed E-state index contributed by atoms with van der Waals surface area (Å²) in [6.07, 6.45) is 1.75. The highest BCUT2D eigenvalue weighted by Gasteiger charge is 2.19. The minimum Gasteiger partial charge on any atom is -0.367 e. The van der Waals surface area contributed by atoms with Crippen LogP contribution in [-0.4, -0.2) is 24.6 Å². The molecule has 0 unspecified atom stereocenters. The first kappa shape index (κ1) is 15.9.